The molecule has 0 aliphatic heterocycles. The zero-order valence-corrected chi connectivity index (χ0v) is 15.6. The van der Waals surface area contributed by atoms with Crippen LogP contribution in [0.15, 0.2) is 47.0 Å². The van der Waals surface area contributed by atoms with Crippen LogP contribution in [0.4, 0.5) is 5.88 Å². The molecule has 2 aromatic heterocycles. The van der Waals surface area contributed by atoms with Crippen molar-refractivity contribution in [3.05, 3.63) is 58.5 Å². The molecule has 0 unspecified atom stereocenters. The average molecular weight is 369 g/mol. The van der Waals surface area contributed by atoms with E-state index < -0.39 is 0 Å². The van der Waals surface area contributed by atoms with Crippen LogP contribution >= 0.6 is 11.3 Å². The zero-order chi connectivity index (χ0) is 18.4. The van der Waals surface area contributed by atoms with Gasteiger partial charge in [0.25, 0.3) is 5.91 Å². The molecular weight excluding hydrogens is 346 g/mol. The molecule has 0 aliphatic rings. The molecule has 0 saturated heterocycles. The van der Waals surface area contributed by atoms with Gasteiger partial charge in [0.1, 0.15) is 11.3 Å². The minimum absolute atomic E-state index is 0.0632. The molecule has 1 amide bonds. The fourth-order valence-corrected chi connectivity index (χ4v) is 3.71. The SMILES string of the molecule is CCc1ccc(-c2noc(N)c2C(=O)NCCCCc2ccccc2)s1. The van der Waals surface area contributed by atoms with Crippen molar-refractivity contribution in [2.24, 2.45) is 0 Å². The molecule has 136 valence electrons. The maximum atomic E-state index is 12.5. The number of nitrogens with two attached hydrogens (primary N) is 1. The summed E-state index contributed by atoms with van der Waals surface area (Å²) in [5, 5.41) is 6.92. The molecule has 0 spiro atoms. The van der Waals surface area contributed by atoms with E-state index in [1.54, 1.807) is 11.3 Å². The number of aryl methyl sites for hydroxylation is 2. The molecule has 0 bridgehead atoms. The van der Waals surface area contributed by atoms with Gasteiger partial charge in [-0.25, -0.2) is 0 Å². The lowest BCUT2D eigenvalue weighted by Crippen LogP contribution is -2.25. The van der Waals surface area contributed by atoms with Gasteiger partial charge in [0.15, 0.2) is 0 Å². The number of unbranched alkanes of at least 4 members (excludes halogenated alkanes) is 1. The molecule has 0 aliphatic carbocycles. The molecule has 1 aromatic carbocycles. The number of hydrogen-bond acceptors (Lipinski definition) is 5. The van der Waals surface area contributed by atoms with Crippen molar-refractivity contribution in [1.29, 1.82) is 0 Å². The number of hydrogen-bond donors (Lipinski definition) is 2. The first-order valence-corrected chi connectivity index (χ1v) is 9.67. The third-order valence-electron chi connectivity index (χ3n) is 4.21. The van der Waals surface area contributed by atoms with Gasteiger partial charge in [-0.3, -0.25) is 4.79 Å². The molecule has 2 heterocycles. The van der Waals surface area contributed by atoms with Crippen LogP contribution in [-0.4, -0.2) is 17.6 Å². The standard InChI is InChI=1S/C20H23N3O2S/c1-2-15-11-12-16(26-15)18-17(19(21)25-23-18)20(24)22-13-7-6-10-14-8-4-3-5-9-14/h3-5,8-9,11-12H,2,6-7,10,13,21H2,1H3,(H,22,24). The highest BCUT2D eigenvalue weighted by molar-refractivity contribution is 7.15. The summed E-state index contributed by atoms with van der Waals surface area (Å²) < 4.78 is 5.07. The second-order valence-electron chi connectivity index (χ2n) is 6.09. The number of aromatic nitrogens is 1. The van der Waals surface area contributed by atoms with Gasteiger partial charge in [0.2, 0.25) is 5.88 Å². The van der Waals surface area contributed by atoms with Crippen molar-refractivity contribution >= 4 is 23.1 Å². The number of benzene rings is 1. The highest BCUT2D eigenvalue weighted by atomic mass is 32.1. The fraction of sp³-hybridized carbons (Fsp3) is 0.300. The Morgan fingerprint density at radius 3 is 2.73 bits per heavy atom. The van der Waals surface area contributed by atoms with Gasteiger partial charge in [0.05, 0.1) is 4.88 Å². The van der Waals surface area contributed by atoms with Crippen molar-refractivity contribution < 1.29 is 9.32 Å². The Balaban J connectivity index is 1.55. The highest BCUT2D eigenvalue weighted by Gasteiger charge is 2.23. The fourth-order valence-electron chi connectivity index (χ4n) is 2.77. The molecule has 0 saturated carbocycles. The lowest BCUT2D eigenvalue weighted by Gasteiger charge is -2.05. The summed E-state index contributed by atoms with van der Waals surface area (Å²) in [4.78, 5) is 14.7. The van der Waals surface area contributed by atoms with Crippen LogP contribution in [0.1, 0.15) is 40.6 Å². The highest BCUT2D eigenvalue weighted by Crippen LogP contribution is 2.32. The molecule has 3 N–H and O–H groups in total. The van der Waals surface area contributed by atoms with E-state index in [1.165, 1.54) is 10.4 Å². The molecule has 5 nitrogen and oxygen atoms in total. The third kappa shape index (κ3) is 4.32. The van der Waals surface area contributed by atoms with E-state index in [-0.39, 0.29) is 11.8 Å². The van der Waals surface area contributed by atoms with Crippen LogP contribution in [0.5, 0.6) is 0 Å². The Hall–Kier alpha value is -2.60. The van der Waals surface area contributed by atoms with Gasteiger partial charge in [-0.2, -0.15) is 0 Å². The smallest absolute Gasteiger partial charge is 0.259 e. The normalized spacial score (nSPS) is 10.8. The largest absolute Gasteiger partial charge is 0.367 e. The Kier molecular flexibility index (Phi) is 6.07. The summed E-state index contributed by atoms with van der Waals surface area (Å²) in [6.07, 6.45) is 3.87. The maximum Gasteiger partial charge on any atom is 0.259 e. The molecule has 3 aromatic rings. The molecule has 26 heavy (non-hydrogen) atoms. The lowest BCUT2D eigenvalue weighted by atomic mass is 10.1. The van der Waals surface area contributed by atoms with E-state index in [0.29, 0.717) is 17.8 Å². The van der Waals surface area contributed by atoms with Crippen LogP contribution in [0.2, 0.25) is 0 Å². The van der Waals surface area contributed by atoms with Gasteiger partial charge in [-0.1, -0.05) is 42.4 Å². The van der Waals surface area contributed by atoms with Crippen LogP contribution in [0, 0.1) is 0 Å². The predicted octanol–water partition coefficient (Wildman–Crippen LogP) is 4.30. The third-order valence-corrected chi connectivity index (χ3v) is 5.45. The Bertz CT molecular complexity index is 855. The number of carbonyl (C=O) groups excluding carboxylic acids is 1. The van der Waals surface area contributed by atoms with E-state index in [1.807, 2.05) is 30.3 Å². The number of nitrogen functional groups attached to an aromatic ring is 1. The number of carbonyl (C=O) groups is 1. The molecule has 0 atom stereocenters. The first kappa shape index (κ1) is 18.2. The van der Waals surface area contributed by atoms with Crippen LogP contribution < -0.4 is 11.1 Å². The van der Waals surface area contributed by atoms with Gasteiger partial charge in [-0.05, 0) is 43.4 Å². The lowest BCUT2D eigenvalue weighted by molar-refractivity contribution is 0.0954. The number of nitrogens with zero attached hydrogens (tertiary/aromatic N) is 1. The summed E-state index contributed by atoms with van der Waals surface area (Å²) >= 11 is 1.60. The summed E-state index contributed by atoms with van der Waals surface area (Å²) in [7, 11) is 0. The van der Waals surface area contributed by atoms with E-state index in [0.717, 1.165) is 30.6 Å². The van der Waals surface area contributed by atoms with Gasteiger partial charge < -0.3 is 15.6 Å². The van der Waals surface area contributed by atoms with E-state index in [9.17, 15) is 4.79 Å². The van der Waals surface area contributed by atoms with Gasteiger partial charge in [0, 0.05) is 11.4 Å². The van der Waals surface area contributed by atoms with Crippen molar-refractivity contribution in [1.82, 2.24) is 10.5 Å². The van der Waals surface area contributed by atoms with Crippen molar-refractivity contribution in [2.45, 2.75) is 32.6 Å². The zero-order valence-electron chi connectivity index (χ0n) is 14.8. The Labute approximate surface area is 157 Å². The average Bonchev–Trinajstić information content (AvgIpc) is 3.28. The van der Waals surface area contributed by atoms with E-state index in [2.05, 4.69) is 29.5 Å². The van der Waals surface area contributed by atoms with Crippen molar-refractivity contribution in [3.8, 4) is 10.6 Å². The quantitative estimate of drug-likeness (QED) is 0.580. The molecule has 0 fully saturated rings. The maximum absolute atomic E-state index is 12.5. The number of anilines is 1. The monoisotopic (exact) mass is 369 g/mol. The molecule has 0 radical (unpaired) electrons. The number of thiophene rings is 1. The summed E-state index contributed by atoms with van der Waals surface area (Å²) in [5.74, 6) is -0.168. The Morgan fingerprint density at radius 2 is 2.00 bits per heavy atom. The first-order valence-electron chi connectivity index (χ1n) is 8.85. The first-order chi connectivity index (χ1) is 12.7. The Morgan fingerprint density at radius 1 is 1.19 bits per heavy atom. The molecular formula is C20H23N3O2S. The van der Waals surface area contributed by atoms with Crippen LogP contribution in [0.25, 0.3) is 10.6 Å². The summed E-state index contributed by atoms with van der Waals surface area (Å²) in [6.45, 7) is 2.69. The van der Waals surface area contributed by atoms with E-state index >= 15 is 0 Å². The predicted molar refractivity (Wildman–Crippen MR) is 105 cm³/mol. The number of amides is 1. The van der Waals surface area contributed by atoms with Gasteiger partial charge in [-0.15, -0.1) is 11.3 Å². The topological polar surface area (TPSA) is 81.2 Å². The number of rotatable bonds is 8. The van der Waals surface area contributed by atoms with Crippen LogP contribution in [0.3, 0.4) is 0 Å². The number of nitrogens with one attached hydrogen (secondary N) is 1. The minimum atomic E-state index is -0.232. The van der Waals surface area contributed by atoms with Crippen molar-refractivity contribution in [3.63, 3.8) is 0 Å². The summed E-state index contributed by atoms with van der Waals surface area (Å²) in [5.41, 5.74) is 8.01. The van der Waals surface area contributed by atoms with Gasteiger partial charge >= 0.3 is 0 Å². The van der Waals surface area contributed by atoms with E-state index in [4.69, 9.17) is 10.3 Å². The van der Waals surface area contributed by atoms with Crippen molar-refractivity contribution in [2.75, 3.05) is 12.3 Å². The minimum Gasteiger partial charge on any atom is -0.367 e. The van der Waals surface area contributed by atoms with Crippen LogP contribution in [-0.2, 0) is 12.8 Å². The molecule has 6 heteroatoms. The second kappa shape index (κ2) is 8.67. The summed E-state index contributed by atoms with van der Waals surface area (Å²) in [6, 6.07) is 14.3. The second-order valence-corrected chi connectivity index (χ2v) is 7.26. The molecule has 3 rings (SSSR count).